The van der Waals surface area contributed by atoms with Crippen molar-refractivity contribution in [1.82, 2.24) is 10.2 Å². The fourth-order valence-corrected chi connectivity index (χ4v) is 3.21. The van der Waals surface area contributed by atoms with E-state index >= 15 is 0 Å². The van der Waals surface area contributed by atoms with Crippen LogP contribution in [0.15, 0.2) is 42.5 Å². The van der Waals surface area contributed by atoms with Crippen molar-refractivity contribution in [2.45, 2.75) is 32.7 Å². The first-order valence-electron chi connectivity index (χ1n) is 10.3. The topological polar surface area (TPSA) is 90.5 Å². The molecule has 7 nitrogen and oxygen atoms in total. The smallest absolute Gasteiger partial charge is 0.251 e. The first kappa shape index (κ1) is 22.8. The number of aryl methyl sites for hydroxylation is 1. The summed E-state index contributed by atoms with van der Waals surface area (Å²) in [7, 11) is 0. The van der Waals surface area contributed by atoms with Crippen LogP contribution in [0.4, 0.5) is 11.4 Å². The van der Waals surface area contributed by atoms with Crippen molar-refractivity contribution in [3.63, 3.8) is 0 Å². The van der Waals surface area contributed by atoms with Gasteiger partial charge in [0.05, 0.1) is 13.1 Å². The highest BCUT2D eigenvalue weighted by Crippen LogP contribution is 2.21. The molecule has 1 saturated carbocycles. The van der Waals surface area contributed by atoms with Gasteiger partial charge in [0, 0.05) is 28.0 Å². The van der Waals surface area contributed by atoms with E-state index in [4.69, 9.17) is 11.6 Å². The summed E-state index contributed by atoms with van der Waals surface area (Å²) < 4.78 is 0. The lowest BCUT2D eigenvalue weighted by Crippen LogP contribution is -2.38. The third-order valence-corrected chi connectivity index (χ3v) is 5.21. The summed E-state index contributed by atoms with van der Waals surface area (Å²) in [5.74, 6) is -0.617. The Morgan fingerprint density at radius 3 is 2.42 bits per heavy atom. The molecule has 3 amide bonds. The highest BCUT2D eigenvalue weighted by Gasteiger charge is 2.24. The van der Waals surface area contributed by atoms with E-state index in [2.05, 4.69) is 16.0 Å². The summed E-state index contributed by atoms with van der Waals surface area (Å²) in [6.07, 6.45) is 2.03. The Bertz CT molecular complexity index is 975. The number of carbonyl (C=O) groups excluding carboxylic acids is 3. The Morgan fingerprint density at radius 2 is 1.74 bits per heavy atom. The lowest BCUT2D eigenvalue weighted by Gasteiger charge is -2.20. The van der Waals surface area contributed by atoms with Crippen LogP contribution in [-0.4, -0.2) is 48.3 Å². The normalized spacial score (nSPS) is 13.0. The van der Waals surface area contributed by atoms with Gasteiger partial charge in [0.25, 0.3) is 5.91 Å². The number of likely N-dealkylation sites (N-methyl/N-ethyl adjacent to an activating group) is 1. The number of anilines is 2. The Balaban J connectivity index is 1.52. The van der Waals surface area contributed by atoms with E-state index in [1.54, 1.807) is 41.3 Å². The van der Waals surface area contributed by atoms with Gasteiger partial charge in [-0.15, -0.1) is 0 Å². The first-order chi connectivity index (χ1) is 14.8. The molecule has 0 aliphatic heterocycles. The van der Waals surface area contributed by atoms with Gasteiger partial charge in [-0.2, -0.15) is 0 Å². The molecule has 3 rings (SSSR count). The molecule has 0 spiro atoms. The molecule has 0 unspecified atom stereocenters. The lowest BCUT2D eigenvalue weighted by atomic mass is 10.2. The molecule has 2 aromatic carbocycles. The summed E-state index contributed by atoms with van der Waals surface area (Å²) in [4.78, 5) is 38.8. The standard InChI is InChI=1S/C23H27ClN4O3/c1-3-28(14-22(30)27-20-12-17(24)8-7-15(20)2)13-21(29)25-19-6-4-5-16(11-19)23(31)26-18-9-10-18/h4-8,11-12,18H,3,9-10,13-14H2,1-2H3,(H,25,29)(H,26,31)(H,27,30). The minimum Gasteiger partial charge on any atom is -0.349 e. The van der Waals surface area contributed by atoms with Crippen molar-refractivity contribution < 1.29 is 14.4 Å². The molecule has 1 fully saturated rings. The molecule has 0 bridgehead atoms. The molecule has 0 heterocycles. The van der Waals surface area contributed by atoms with Gasteiger partial charge in [-0.1, -0.05) is 30.7 Å². The predicted octanol–water partition coefficient (Wildman–Crippen LogP) is 3.44. The van der Waals surface area contributed by atoms with Gasteiger partial charge in [0.15, 0.2) is 0 Å². The minimum atomic E-state index is -0.256. The van der Waals surface area contributed by atoms with Crippen molar-refractivity contribution in [3.8, 4) is 0 Å². The molecule has 164 valence electrons. The number of carbonyl (C=O) groups is 3. The molecule has 8 heteroatoms. The zero-order valence-corrected chi connectivity index (χ0v) is 18.5. The van der Waals surface area contributed by atoms with Crippen LogP contribution in [0.1, 0.15) is 35.7 Å². The van der Waals surface area contributed by atoms with Crippen LogP contribution in [0.5, 0.6) is 0 Å². The maximum absolute atomic E-state index is 12.5. The molecule has 0 atom stereocenters. The van der Waals surface area contributed by atoms with Crippen LogP contribution >= 0.6 is 11.6 Å². The number of amides is 3. The average Bonchev–Trinajstić information content (AvgIpc) is 3.54. The fraction of sp³-hybridized carbons (Fsp3) is 0.348. The van der Waals surface area contributed by atoms with E-state index in [1.165, 1.54) is 0 Å². The second-order valence-corrected chi connectivity index (χ2v) is 8.12. The molecule has 1 aliphatic carbocycles. The summed E-state index contributed by atoms with van der Waals surface area (Å²) in [6.45, 7) is 4.42. The molecule has 0 aromatic heterocycles. The van der Waals surface area contributed by atoms with Crippen LogP contribution in [0.25, 0.3) is 0 Å². The number of hydrogen-bond donors (Lipinski definition) is 3. The summed E-state index contributed by atoms with van der Waals surface area (Å²) in [5.41, 5.74) is 2.61. The number of nitrogens with zero attached hydrogens (tertiary/aromatic N) is 1. The van der Waals surface area contributed by atoms with E-state index in [1.807, 2.05) is 19.9 Å². The van der Waals surface area contributed by atoms with Crippen LogP contribution < -0.4 is 16.0 Å². The van der Waals surface area contributed by atoms with E-state index < -0.39 is 0 Å². The number of halogens is 1. The van der Waals surface area contributed by atoms with Crippen LogP contribution in [-0.2, 0) is 9.59 Å². The third kappa shape index (κ3) is 7.08. The zero-order valence-electron chi connectivity index (χ0n) is 17.7. The van der Waals surface area contributed by atoms with Crippen molar-refractivity contribution in [2.24, 2.45) is 0 Å². The lowest BCUT2D eigenvalue weighted by molar-refractivity contribution is -0.119. The third-order valence-electron chi connectivity index (χ3n) is 4.98. The Hall–Kier alpha value is -2.90. The maximum atomic E-state index is 12.5. The van der Waals surface area contributed by atoms with Gasteiger partial charge in [-0.3, -0.25) is 19.3 Å². The van der Waals surface area contributed by atoms with Crippen molar-refractivity contribution in [2.75, 3.05) is 30.3 Å². The van der Waals surface area contributed by atoms with Crippen LogP contribution in [0.2, 0.25) is 5.02 Å². The highest BCUT2D eigenvalue weighted by atomic mass is 35.5. The first-order valence-corrected chi connectivity index (χ1v) is 10.7. The molecular weight excluding hydrogens is 416 g/mol. The largest absolute Gasteiger partial charge is 0.349 e. The van der Waals surface area contributed by atoms with Crippen molar-refractivity contribution in [3.05, 3.63) is 58.6 Å². The Labute approximate surface area is 187 Å². The van der Waals surface area contributed by atoms with Crippen molar-refractivity contribution in [1.29, 1.82) is 0 Å². The fourth-order valence-electron chi connectivity index (χ4n) is 3.04. The average molecular weight is 443 g/mol. The van der Waals surface area contributed by atoms with Crippen LogP contribution in [0, 0.1) is 6.92 Å². The van der Waals surface area contributed by atoms with Crippen LogP contribution in [0.3, 0.4) is 0 Å². The summed E-state index contributed by atoms with van der Waals surface area (Å²) in [5, 5.41) is 9.11. The molecule has 31 heavy (non-hydrogen) atoms. The number of benzene rings is 2. The van der Waals surface area contributed by atoms with Gasteiger partial charge in [-0.05, 0) is 62.2 Å². The van der Waals surface area contributed by atoms with E-state index in [0.717, 1.165) is 18.4 Å². The molecular formula is C23H27ClN4O3. The predicted molar refractivity (Wildman–Crippen MR) is 122 cm³/mol. The second-order valence-electron chi connectivity index (χ2n) is 7.69. The maximum Gasteiger partial charge on any atom is 0.251 e. The molecule has 2 aromatic rings. The summed E-state index contributed by atoms with van der Waals surface area (Å²) >= 11 is 6.00. The SMILES string of the molecule is CCN(CC(=O)Nc1cccc(C(=O)NC2CC2)c1)CC(=O)Nc1cc(Cl)ccc1C. The monoisotopic (exact) mass is 442 g/mol. The van der Waals surface area contributed by atoms with E-state index in [0.29, 0.717) is 28.5 Å². The van der Waals surface area contributed by atoms with E-state index in [-0.39, 0.29) is 36.9 Å². The number of hydrogen-bond acceptors (Lipinski definition) is 4. The molecule has 0 radical (unpaired) electrons. The zero-order chi connectivity index (χ0) is 22.4. The Kier molecular flexibility index (Phi) is 7.65. The molecule has 0 saturated heterocycles. The summed E-state index contributed by atoms with van der Waals surface area (Å²) in [6, 6.07) is 12.4. The number of nitrogens with one attached hydrogen (secondary N) is 3. The quantitative estimate of drug-likeness (QED) is 0.554. The van der Waals surface area contributed by atoms with Gasteiger partial charge in [0.1, 0.15) is 0 Å². The highest BCUT2D eigenvalue weighted by molar-refractivity contribution is 6.31. The van der Waals surface area contributed by atoms with E-state index in [9.17, 15) is 14.4 Å². The van der Waals surface area contributed by atoms with Gasteiger partial charge in [-0.25, -0.2) is 0 Å². The molecule has 3 N–H and O–H groups in total. The minimum absolute atomic E-state index is 0.0525. The second kappa shape index (κ2) is 10.4. The van der Waals surface area contributed by atoms with Crippen molar-refractivity contribution >= 4 is 40.7 Å². The molecule has 1 aliphatic rings. The number of rotatable bonds is 9. The van der Waals surface area contributed by atoms with Gasteiger partial charge < -0.3 is 16.0 Å². The Morgan fingerprint density at radius 1 is 1.03 bits per heavy atom. The van der Waals surface area contributed by atoms with Gasteiger partial charge in [0.2, 0.25) is 11.8 Å². The van der Waals surface area contributed by atoms with Gasteiger partial charge >= 0.3 is 0 Å².